The predicted octanol–water partition coefficient (Wildman–Crippen LogP) is 1.81. The van der Waals surface area contributed by atoms with E-state index in [-0.39, 0.29) is 0 Å². The van der Waals surface area contributed by atoms with E-state index in [1.807, 2.05) is 6.92 Å². The van der Waals surface area contributed by atoms with Gasteiger partial charge in [0.15, 0.2) is 0 Å². The standard InChI is InChI=1S/C8H11N2/c1-6-9-7-4-2-3-5-8(7)10-6/h2-5H2,1H3. The highest BCUT2D eigenvalue weighted by Crippen LogP contribution is 2.27. The van der Waals surface area contributed by atoms with E-state index in [1.165, 1.54) is 24.2 Å². The van der Waals surface area contributed by atoms with Crippen molar-refractivity contribution in [2.24, 2.45) is 4.99 Å². The molecule has 0 N–H and O–H groups in total. The van der Waals surface area contributed by atoms with Crippen LogP contribution in [0.2, 0.25) is 0 Å². The van der Waals surface area contributed by atoms with E-state index < -0.39 is 0 Å². The SMILES string of the molecule is CC1=NC2=C(CCCC2)[N]1. The van der Waals surface area contributed by atoms with E-state index in [2.05, 4.69) is 10.3 Å². The third kappa shape index (κ3) is 0.838. The Morgan fingerprint density at radius 3 is 2.50 bits per heavy atom. The van der Waals surface area contributed by atoms with Gasteiger partial charge in [-0.25, -0.2) is 10.3 Å². The summed E-state index contributed by atoms with van der Waals surface area (Å²) in [5, 5.41) is 4.34. The van der Waals surface area contributed by atoms with Crippen molar-refractivity contribution in [3.8, 4) is 0 Å². The summed E-state index contributed by atoms with van der Waals surface area (Å²) in [6.45, 7) is 1.97. The predicted molar refractivity (Wildman–Crippen MR) is 40.7 cm³/mol. The molecule has 1 radical (unpaired) electrons. The minimum absolute atomic E-state index is 0.951. The lowest BCUT2D eigenvalue weighted by atomic mass is 10.0. The van der Waals surface area contributed by atoms with Gasteiger partial charge in [0, 0.05) is 0 Å². The first-order chi connectivity index (χ1) is 4.86. The Morgan fingerprint density at radius 1 is 1.10 bits per heavy atom. The Labute approximate surface area is 61.0 Å². The molecule has 0 aromatic rings. The smallest absolute Gasteiger partial charge is 0.125 e. The topological polar surface area (TPSA) is 26.5 Å². The van der Waals surface area contributed by atoms with E-state index in [9.17, 15) is 0 Å². The zero-order chi connectivity index (χ0) is 6.97. The summed E-state index contributed by atoms with van der Waals surface area (Å²) in [6, 6.07) is 0. The Morgan fingerprint density at radius 2 is 1.80 bits per heavy atom. The summed E-state index contributed by atoms with van der Waals surface area (Å²) in [4.78, 5) is 4.34. The molecule has 10 heavy (non-hydrogen) atoms. The summed E-state index contributed by atoms with van der Waals surface area (Å²) in [5.41, 5.74) is 2.51. The van der Waals surface area contributed by atoms with Gasteiger partial charge in [-0.15, -0.1) is 0 Å². The molecule has 0 amide bonds. The van der Waals surface area contributed by atoms with Crippen molar-refractivity contribution in [3.05, 3.63) is 11.4 Å². The van der Waals surface area contributed by atoms with Crippen LogP contribution in [0.4, 0.5) is 0 Å². The minimum Gasteiger partial charge on any atom is -0.236 e. The van der Waals surface area contributed by atoms with Gasteiger partial charge in [-0.2, -0.15) is 0 Å². The van der Waals surface area contributed by atoms with E-state index >= 15 is 0 Å². The van der Waals surface area contributed by atoms with Gasteiger partial charge in [0.25, 0.3) is 0 Å². The first kappa shape index (κ1) is 5.96. The fourth-order valence-corrected chi connectivity index (χ4v) is 1.53. The van der Waals surface area contributed by atoms with Gasteiger partial charge in [0.1, 0.15) is 5.84 Å². The second-order valence-electron chi connectivity index (χ2n) is 2.87. The molecule has 1 aliphatic heterocycles. The fourth-order valence-electron chi connectivity index (χ4n) is 1.53. The van der Waals surface area contributed by atoms with E-state index in [0.717, 1.165) is 18.7 Å². The molecule has 0 saturated heterocycles. The van der Waals surface area contributed by atoms with Crippen LogP contribution >= 0.6 is 0 Å². The fraction of sp³-hybridized carbons (Fsp3) is 0.625. The maximum atomic E-state index is 4.34. The molecule has 0 saturated carbocycles. The van der Waals surface area contributed by atoms with Gasteiger partial charge < -0.3 is 0 Å². The minimum atomic E-state index is 0.951. The Balaban J connectivity index is 2.22. The van der Waals surface area contributed by atoms with Crippen molar-refractivity contribution in [1.82, 2.24) is 5.32 Å². The molecule has 53 valence electrons. The number of nitrogens with zero attached hydrogens (tertiary/aromatic N) is 2. The van der Waals surface area contributed by atoms with Gasteiger partial charge >= 0.3 is 0 Å². The maximum Gasteiger partial charge on any atom is 0.125 e. The van der Waals surface area contributed by atoms with Crippen molar-refractivity contribution in [2.45, 2.75) is 32.6 Å². The van der Waals surface area contributed by atoms with Crippen LogP contribution in [0.1, 0.15) is 32.6 Å². The monoisotopic (exact) mass is 135 g/mol. The number of amidine groups is 1. The molecule has 2 nitrogen and oxygen atoms in total. The lowest BCUT2D eigenvalue weighted by Crippen LogP contribution is -2.07. The van der Waals surface area contributed by atoms with Crippen LogP contribution in [0, 0.1) is 0 Å². The summed E-state index contributed by atoms with van der Waals surface area (Å²) in [6.07, 6.45) is 4.89. The first-order valence-corrected chi connectivity index (χ1v) is 3.85. The highest BCUT2D eigenvalue weighted by atomic mass is 15.1. The molecule has 0 fully saturated rings. The Hall–Kier alpha value is -0.790. The number of aliphatic imine (C=N–C) groups is 1. The number of rotatable bonds is 0. The van der Waals surface area contributed by atoms with E-state index in [1.54, 1.807) is 0 Å². The van der Waals surface area contributed by atoms with Crippen molar-refractivity contribution in [2.75, 3.05) is 0 Å². The molecule has 1 aliphatic carbocycles. The van der Waals surface area contributed by atoms with Crippen LogP contribution in [0.25, 0.3) is 0 Å². The van der Waals surface area contributed by atoms with E-state index in [0.29, 0.717) is 0 Å². The van der Waals surface area contributed by atoms with Crippen molar-refractivity contribution in [1.29, 1.82) is 0 Å². The lowest BCUT2D eigenvalue weighted by molar-refractivity contribution is 0.658. The quantitative estimate of drug-likeness (QED) is 0.484. The Kier molecular flexibility index (Phi) is 1.26. The Bertz CT molecular complexity index is 213. The van der Waals surface area contributed by atoms with Gasteiger partial charge in [0.05, 0.1) is 11.4 Å². The van der Waals surface area contributed by atoms with Crippen molar-refractivity contribution < 1.29 is 0 Å². The molecule has 0 spiro atoms. The van der Waals surface area contributed by atoms with Gasteiger partial charge in [0.2, 0.25) is 0 Å². The normalized spacial score (nSPS) is 23.9. The summed E-state index contributed by atoms with van der Waals surface area (Å²) in [7, 11) is 0. The van der Waals surface area contributed by atoms with Crippen LogP contribution in [0.5, 0.6) is 0 Å². The molecule has 0 unspecified atom stereocenters. The first-order valence-electron chi connectivity index (χ1n) is 3.85. The molecule has 0 aromatic heterocycles. The molecule has 1 heterocycles. The lowest BCUT2D eigenvalue weighted by Gasteiger charge is -2.09. The van der Waals surface area contributed by atoms with E-state index in [4.69, 9.17) is 0 Å². The molecular weight excluding hydrogens is 124 g/mol. The largest absolute Gasteiger partial charge is 0.236 e. The van der Waals surface area contributed by atoms with Crippen molar-refractivity contribution in [3.63, 3.8) is 0 Å². The number of allylic oxidation sites excluding steroid dienone is 2. The average Bonchev–Trinajstić information content (AvgIpc) is 2.27. The molecule has 0 bridgehead atoms. The zero-order valence-electron chi connectivity index (χ0n) is 6.22. The highest BCUT2D eigenvalue weighted by molar-refractivity contribution is 5.84. The van der Waals surface area contributed by atoms with Gasteiger partial charge in [-0.05, 0) is 32.6 Å². The number of hydrogen-bond donors (Lipinski definition) is 0. The second-order valence-corrected chi connectivity index (χ2v) is 2.87. The van der Waals surface area contributed by atoms with Crippen LogP contribution < -0.4 is 5.32 Å². The van der Waals surface area contributed by atoms with Gasteiger partial charge in [-0.1, -0.05) is 0 Å². The van der Waals surface area contributed by atoms with Crippen LogP contribution in [-0.4, -0.2) is 5.84 Å². The summed E-state index contributed by atoms with van der Waals surface area (Å²) in [5.74, 6) is 0.951. The average molecular weight is 135 g/mol. The van der Waals surface area contributed by atoms with Crippen LogP contribution in [-0.2, 0) is 0 Å². The molecule has 2 rings (SSSR count). The second kappa shape index (κ2) is 2.11. The van der Waals surface area contributed by atoms with Crippen LogP contribution in [0.15, 0.2) is 16.4 Å². The summed E-state index contributed by atoms with van der Waals surface area (Å²) >= 11 is 0. The molecular formula is C8H11N2. The van der Waals surface area contributed by atoms with Gasteiger partial charge in [-0.3, -0.25) is 0 Å². The zero-order valence-corrected chi connectivity index (χ0v) is 6.22. The number of hydrogen-bond acceptors (Lipinski definition) is 1. The maximum absolute atomic E-state index is 4.34. The summed E-state index contributed by atoms with van der Waals surface area (Å²) < 4.78 is 0. The van der Waals surface area contributed by atoms with Crippen LogP contribution in [0.3, 0.4) is 0 Å². The van der Waals surface area contributed by atoms with Crippen molar-refractivity contribution >= 4 is 5.84 Å². The third-order valence-electron chi connectivity index (χ3n) is 2.00. The highest BCUT2D eigenvalue weighted by Gasteiger charge is 2.18. The molecule has 0 aromatic carbocycles. The molecule has 2 aliphatic rings. The molecule has 2 heteroatoms. The third-order valence-corrected chi connectivity index (χ3v) is 2.00. The molecule has 0 atom stereocenters.